The third-order valence-electron chi connectivity index (χ3n) is 3.22. The summed E-state index contributed by atoms with van der Waals surface area (Å²) in [6.07, 6.45) is 1.49. The van der Waals surface area contributed by atoms with Gasteiger partial charge in [-0.1, -0.05) is 31.5 Å². The SMILES string of the molecule is CCCc1nn(-c2ccccc2C)c(C)c1C(=O)[O-]. The Morgan fingerprint density at radius 3 is 2.58 bits per heavy atom. The number of para-hydroxylation sites is 1. The molecule has 0 saturated heterocycles. The monoisotopic (exact) mass is 257 g/mol. The van der Waals surface area contributed by atoms with E-state index in [9.17, 15) is 9.90 Å². The third kappa shape index (κ3) is 2.38. The van der Waals surface area contributed by atoms with Crippen LogP contribution in [0.3, 0.4) is 0 Å². The summed E-state index contributed by atoms with van der Waals surface area (Å²) in [6, 6.07) is 7.78. The Bertz CT molecular complexity index is 615. The van der Waals surface area contributed by atoms with Crippen LogP contribution in [0, 0.1) is 13.8 Å². The average Bonchev–Trinajstić information content (AvgIpc) is 2.67. The van der Waals surface area contributed by atoms with Crippen LogP contribution in [-0.2, 0) is 6.42 Å². The fourth-order valence-corrected chi connectivity index (χ4v) is 2.27. The van der Waals surface area contributed by atoms with Gasteiger partial charge in [-0.3, -0.25) is 0 Å². The van der Waals surface area contributed by atoms with Crippen LogP contribution in [0.2, 0.25) is 0 Å². The van der Waals surface area contributed by atoms with Crippen molar-refractivity contribution in [2.24, 2.45) is 0 Å². The van der Waals surface area contributed by atoms with E-state index in [-0.39, 0.29) is 5.56 Å². The first-order chi connectivity index (χ1) is 9.06. The highest BCUT2D eigenvalue weighted by molar-refractivity contribution is 5.88. The van der Waals surface area contributed by atoms with Crippen LogP contribution < -0.4 is 5.11 Å². The molecule has 0 unspecified atom stereocenters. The normalized spacial score (nSPS) is 10.7. The van der Waals surface area contributed by atoms with Gasteiger partial charge < -0.3 is 9.90 Å². The summed E-state index contributed by atoms with van der Waals surface area (Å²) in [6.45, 7) is 5.75. The van der Waals surface area contributed by atoms with Crippen molar-refractivity contribution in [3.63, 3.8) is 0 Å². The molecule has 4 heteroatoms. The Morgan fingerprint density at radius 2 is 2.00 bits per heavy atom. The van der Waals surface area contributed by atoms with Gasteiger partial charge >= 0.3 is 0 Å². The lowest BCUT2D eigenvalue weighted by molar-refractivity contribution is -0.255. The van der Waals surface area contributed by atoms with Crippen LogP contribution in [0.25, 0.3) is 5.69 Å². The summed E-state index contributed by atoms with van der Waals surface area (Å²) in [5, 5.41) is 15.7. The lowest BCUT2D eigenvalue weighted by Gasteiger charge is -2.08. The van der Waals surface area contributed by atoms with E-state index in [4.69, 9.17) is 0 Å². The number of aromatic nitrogens is 2. The minimum Gasteiger partial charge on any atom is -0.545 e. The zero-order valence-corrected chi connectivity index (χ0v) is 11.4. The van der Waals surface area contributed by atoms with E-state index in [0.717, 1.165) is 17.7 Å². The topological polar surface area (TPSA) is 58.0 Å². The first-order valence-electron chi connectivity index (χ1n) is 6.42. The highest BCUT2D eigenvalue weighted by Crippen LogP contribution is 2.21. The number of carboxylic acids is 1. The summed E-state index contributed by atoms with van der Waals surface area (Å²) >= 11 is 0. The van der Waals surface area contributed by atoms with Crippen molar-refractivity contribution in [1.82, 2.24) is 9.78 Å². The standard InChI is InChI=1S/C15H18N2O2/c1-4-7-12-14(15(18)19)11(3)17(16-12)13-9-6-5-8-10(13)2/h5-6,8-9H,4,7H2,1-3H3,(H,18,19)/p-1. The number of aromatic carboxylic acids is 1. The first-order valence-corrected chi connectivity index (χ1v) is 6.42. The zero-order chi connectivity index (χ0) is 14.0. The number of rotatable bonds is 4. The van der Waals surface area contributed by atoms with Gasteiger partial charge in [-0.15, -0.1) is 0 Å². The molecule has 0 aliphatic carbocycles. The van der Waals surface area contributed by atoms with E-state index in [1.807, 2.05) is 38.1 Å². The molecule has 0 saturated carbocycles. The van der Waals surface area contributed by atoms with Gasteiger partial charge in [0.25, 0.3) is 0 Å². The molecule has 100 valence electrons. The molecular formula is C15H17N2O2-. The Morgan fingerprint density at radius 1 is 1.32 bits per heavy atom. The average molecular weight is 257 g/mol. The van der Waals surface area contributed by atoms with Crippen molar-refractivity contribution in [1.29, 1.82) is 0 Å². The Balaban J connectivity index is 2.63. The molecule has 2 rings (SSSR count). The second kappa shape index (κ2) is 5.26. The number of hydrogen-bond donors (Lipinski definition) is 0. The molecule has 0 spiro atoms. The summed E-state index contributed by atoms with van der Waals surface area (Å²) in [5.41, 5.74) is 3.41. The molecule has 0 amide bonds. The van der Waals surface area contributed by atoms with Crippen LogP contribution in [0.4, 0.5) is 0 Å². The van der Waals surface area contributed by atoms with Crippen molar-refractivity contribution >= 4 is 5.97 Å². The van der Waals surface area contributed by atoms with Crippen LogP contribution >= 0.6 is 0 Å². The highest BCUT2D eigenvalue weighted by Gasteiger charge is 2.16. The van der Waals surface area contributed by atoms with Gasteiger partial charge in [0.2, 0.25) is 0 Å². The smallest absolute Gasteiger partial charge is 0.0752 e. The molecule has 4 nitrogen and oxygen atoms in total. The third-order valence-corrected chi connectivity index (χ3v) is 3.22. The number of benzene rings is 1. The van der Waals surface area contributed by atoms with Crippen molar-refractivity contribution in [3.8, 4) is 5.69 Å². The highest BCUT2D eigenvalue weighted by atomic mass is 16.4. The number of aryl methyl sites for hydroxylation is 2. The van der Waals surface area contributed by atoms with Gasteiger partial charge in [-0.2, -0.15) is 5.10 Å². The number of nitrogens with zero attached hydrogens (tertiary/aromatic N) is 2. The fourth-order valence-electron chi connectivity index (χ4n) is 2.27. The van der Waals surface area contributed by atoms with Crippen molar-refractivity contribution in [3.05, 3.63) is 46.8 Å². The minimum absolute atomic E-state index is 0.227. The van der Waals surface area contributed by atoms with Gasteiger partial charge in [0.05, 0.1) is 23.0 Å². The molecule has 0 aliphatic heterocycles. The molecule has 0 radical (unpaired) electrons. The predicted molar refractivity (Wildman–Crippen MR) is 71.4 cm³/mol. The van der Waals surface area contributed by atoms with Crippen molar-refractivity contribution in [2.45, 2.75) is 33.6 Å². The minimum atomic E-state index is -1.15. The van der Waals surface area contributed by atoms with Gasteiger partial charge in [0.15, 0.2) is 0 Å². The van der Waals surface area contributed by atoms with Crippen LogP contribution in [0.15, 0.2) is 24.3 Å². The fraction of sp³-hybridized carbons (Fsp3) is 0.333. The number of carbonyl (C=O) groups excluding carboxylic acids is 1. The molecule has 0 aliphatic rings. The van der Waals surface area contributed by atoms with Crippen molar-refractivity contribution in [2.75, 3.05) is 0 Å². The van der Waals surface area contributed by atoms with Crippen molar-refractivity contribution < 1.29 is 9.90 Å². The van der Waals surface area contributed by atoms with Crippen LogP contribution in [0.1, 0.15) is 40.7 Å². The Labute approximate surface area is 112 Å². The molecule has 0 atom stereocenters. The molecule has 1 aromatic heterocycles. The molecule has 1 aromatic carbocycles. The second-order valence-corrected chi connectivity index (χ2v) is 4.64. The van der Waals surface area contributed by atoms with E-state index in [2.05, 4.69) is 5.10 Å². The largest absolute Gasteiger partial charge is 0.545 e. The lowest BCUT2D eigenvalue weighted by Crippen LogP contribution is -2.24. The molecule has 2 aromatic rings. The molecular weight excluding hydrogens is 240 g/mol. The second-order valence-electron chi connectivity index (χ2n) is 4.64. The van der Waals surface area contributed by atoms with Gasteiger partial charge in [0, 0.05) is 5.56 Å². The molecule has 0 fully saturated rings. The molecule has 0 bridgehead atoms. The zero-order valence-electron chi connectivity index (χ0n) is 11.4. The molecule has 0 N–H and O–H groups in total. The van der Waals surface area contributed by atoms with Crippen LogP contribution in [-0.4, -0.2) is 15.7 Å². The molecule has 19 heavy (non-hydrogen) atoms. The van der Waals surface area contributed by atoms with E-state index >= 15 is 0 Å². The maximum Gasteiger partial charge on any atom is 0.0752 e. The maximum absolute atomic E-state index is 11.3. The summed E-state index contributed by atoms with van der Waals surface area (Å²) in [5.74, 6) is -1.15. The summed E-state index contributed by atoms with van der Waals surface area (Å²) in [4.78, 5) is 11.3. The predicted octanol–water partition coefficient (Wildman–Crippen LogP) is 1.81. The van der Waals surface area contributed by atoms with E-state index in [1.165, 1.54) is 0 Å². The quantitative estimate of drug-likeness (QED) is 0.839. The van der Waals surface area contributed by atoms with Gasteiger partial charge in [-0.25, -0.2) is 4.68 Å². The maximum atomic E-state index is 11.3. The van der Waals surface area contributed by atoms with Gasteiger partial charge in [-0.05, 0) is 31.9 Å². The number of carboxylic acid groups (broad SMARTS) is 1. The summed E-state index contributed by atoms with van der Waals surface area (Å²) in [7, 11) is 0. The van der Waals surface area contributed by atoms with Crippen LogP contribution in [0.5, 0.6) is 0 Å². The van der Waals surface area contributed by atoms with E-state index in [0.29, 0.717) is 17.8 Å². The summed E-state index contributed by atoms with van der Waals surface area (Å²) < 4.78 is 1.70. The molecule has 1 heterocycles. The Hall–Kier alpha value is -2.10. The number of hydrogen-bond acceptors (Lipinski definition) is 3. The van der Waals surface area contributed by atoms with E-state index in [1.54, 1.807) is 11.6 Å². The number of carbonyl (C=O) groups is 1. The Kier molecular flexibility index (Phi) is 3.69. The lowest BCUT2D eigenvalue weighted by atomic mass is 10.1. The van der Waals surface area contributed by atoms with E-state index < -0.39 is 5.97 Å². The first kappa shape index (κ1) is 13.3. The van der Waals surface area contributed by atoms with Gasteiger partial charge in [0.1, 0.15) is 0 Å².